The molecule has 2 fully saturated rings. The van der Waals surface area contributed by atoms with E-state index in [4.69, 9.17) is 14.2 Å². The molecule has 0 unspecified atom stereocenters. The molecule has 3 N–H and O–H groups in total. The number of allylic oxidation sites excluding steroid dienone is 1. The van der Waals surface area contributed by atoms with Gasteiger partial charge in [-0.3, -0.25) is 15.8 Å². The fraction of sp³-hybridized carbons (Fsp3) is 0.500. The lowest BCUT2D eigenvalue weighted by Gasteiger charge is -2.28. The van der Waals surface area contributed by atoms with Gasteiger partial charge < -0.3 is 24.2 Å². The van der Waals surface area contributed by atoms with Gasteiger partial charge in [0.1, 0.15) is 18.2 Å². The molecule has 2 aliphatic heterocycles. The Labute approximate surface area is 199 Å². The van der Waals surface area contributed by atoms with Crippen molar-refractivity contribution in [1.82, 2.24) is 20.3 Å². The molecule has 1 aromatic heterocycles. The van der Waals surface area contributed by atoms with Gasteiger partial charge in [-0.05, 0) is 36.6 Å². The minimum atomic E-state index is 0.290. The summed E-state index contributed by atoms with van der Waals surface area (Å²) in [5.74, 6) is 1.73. The summed E-state index contributed by atoms with van der Waals surface area (Å²) in [4.78, 5) is 13.8. The summed E-state index contributed by atoms with van der Waals surface area (Å²) in [7, 11) is 0. The minimum absolute atomic E-state index is 0.290. The fourth-order valence-corrected chi connectivity index (χ4v) is 4.37. The Hall–Kier alpha value is -3.08. The molecule has 10 nitrogen and oxygen atoms in total. The number of benzene rings is 1. The zero-order valence-electron chi connectivity index (χ0n) is 19.3. The van der Waals surface area contributed by atoms with Crippen molar-refractivity contribution in [3.8, 4) is 11.8 Å². The van der Waals surface area contributed by atoms with Gasteiger partial charge in [-0.1, -0.05) is 6.08 Å². The molecule has 0 saturated carbocycles. The van der Waals surface area contributed by atoms with E-state index in [0.29, 0.717) is 31.6 Å². The molecule has 182 valence electrons. The Morgan fingerprint density at radius 2 is 1.76 bits per heavy atom. The zero-order chi connectivity index (χ0) is 23.2. The van der Waals surface area contributed by atoms with Crippen LogP contribution in [0.2, 0.25) is 0 Å². The van der Waals surface area contributed by atoms with Crippen LogP contribution in [0.1, 0.15) is 17.5 Å². The summed E-state index contributed by atoms with van der Waals surface area (Å²) in [6.07, 6.45) is 3.96. The first-order chi connectivity index (χ1) is 16.7. The van der Waals surface area contributed by atoms with Gasteiger partial charge in [-0.2, -0.15) is 9.97 Å². The average molecular weight is 469 g/mol. The first-order valence-corrected chi connectivity index (χ1v) is 11.9. The number of rotatable bonds is 8. The molecule has 2 aromatic rings. The number of aromatic hydroxyl groups is 1. The molecule has 1 aromatic carbocycles. The number of anilines is 2. The number of fused-ring (bicyclic) bond motifs is 1. The van der Waals surface area contributed by atoms with Gasteiger partial charge in [0.05, 0.1) is 32.1 Å². The maximum atomic E-state index is 9.81. The van der Waals surface area contributed by atoms with E-state index in [2.05, 4.69) is 36.7 Å². The lowest BCUT2D eigenvalue weighted by atomic mass is 9.95. The highest BCUT2D eigenvalue weighted by atomic mass is 16.5. The Morgan fingerprint density at radius 1 is 0.971 bits per heavy atom. The second-order valence-electron chi connectivity index (χ2n) is 8.54. The Kier molecular flexibility index (Phi) is 7.28. The predicted molar refractivity (Wildman–Crippen MR) is 129 cm³/mol. The van der Waals surface area contributed by atoms with Crippen LogP contribution in [0.15, 0.2) is 30.3 Å². The minimum Gasteiger partial charge on any atom is -0.508 e. The van der Waals surface area contributed by atoms with Gasteiger partial charge in [0.15, 0.2) is 5.82 Å². The van der Waals surface area contributed by atoms with Gasteiger partial charge in [-0.15, -0.1) is 0 Å². The molecule has 1 aliphatic carbocycles. The third-order valence-corrected chi connectivity index (χ3v) is 6.24. The summed E-state index contributed by atoms with van der Waals surface area (Å²) in [6.45, 7) is 7.60. The number of hydrogen-bond acceptors (Lipinski definition) is 10. The average Bonchev–Trinajstić information content (AvgIpc) is 2.88. The molecular formula is C24H32N6O4. The molecule has 0 amide bonds. The normalized spacial score (nSPS) is 18.7. The highest BCUT2D eigenvalue weighted by Crippen LogP contribution is 2.28. The van der Waals surface area contributed by atoms with Crippen LogP contribution in [0.25, 0.3) is 5.70 Å². The molecular weight excluding hydrogens is 436 g/mol. The van der Waals surface area contributed by atoms with E-state index in [1.165, 1.54) is 0 Å². The SMILES string of the molecule is Oc1ccc2c(c1)CCC=C2NNc1cc(N2CCOCC2)nc(OCCN2CCOCC2)n1. The van der Waals surface area contributed by atoms with Gasteiger partial charge in [0.2, 0.25) is 0 Å². The molecule has 3 heterocycles. The van der Waals surface area contributed by atoms with Gasteiger partial charge >= 0.3 is 6.01 Å². The van der Waals surface area contributed by atoms with Crippen molar-refractivity contribution >= 4 is 17.3 Å². The van der Waals surface area contributed by atoms with Crippen LogP contribution in [-0.2, 0) is 15.9 Å². The van der Waals surface area contributed by atoms with Crippen molar-refractivity contribution in [3.05, 3.63) is 41.5 Å². The predicted octanol–water partition coefficient (Wildman–Crippen LogP) is 1.63. The molecule has 2 saturated heterocycles. The third kappa shape index (κ3) is 5.69. The standard InChI is InChI=1S/C24H32N6O4/c31-19-4-5-20-18(16-19)2-1-3-21(20)27-28-22-17-23(30-9-13-33-14-10-30)26-24(25-22)34-15-8-29-6-11-32-12-7-29/h3-5,16-17,27,31H,1-2,6-15H2,(H,25,26,28). The molecule has 10 heteroatoms. The first-order valence-electron chi connectivity index (χ1n) is 11.9. The van der Waals surface area contributed by atoms with Crippen LogP contribution >= 0.6 is 0 Å². The Balaban J connectivity index is 1.28. The van der Waals surface area contributed by atoms with Gasteiger partial charge in [-0.25, -0.2) is 0 Å². The van der Waals surface area contributed by atoms with E-state index in [0.717, 1.165) is 81.4 Å². The van der Waals surface area contributed by atoms with E-state index in [9.17, 15) is 5.11 Å². The van der Waals surface area contributed by atoms with Crippen molar-refractivity contribution in [2.45, 2.75) is 12.8 Å². The summed E-state index contributed by atoms with van der Waals surface area (Å²) in [5.41, 5.74) is 9.68. The molecule has 0 radical (unpaired) electrons. The molecule has 0 bridgehead atoms. The van der Waals surface area contributed by atoms with Crippen LogP contribution in [0.4, 0.5) is 11.6 Å². The number of morpholine rings is 2. The lowest BCUT2D eigenvalue weighted by Crippen LogP contribution is -2.39. The van der Waals surface area contributed by atoms with E-state index in [-0.39, 0.29) is 5.75 Å². The van der Waals surface area contributed by atoms with Crippen LogP contribution < -0.4 is 20.5 Å². The van der Waals surface area contributed by atoms with E-state index in [1.807, 2.05) is 18.2 Å². The van der Waals surface area contributed by atoms with E-state index < -0.39 is 0 Å². The number of hydrazine groups is 1. The van der Waals surface area contributed by atoms with E-state index >= 15 is 0 Å². The number of hydrogen-bond donors (Lipinski definition) is 3. The monoisotopic (exact) mass is 468 g/mol. The number of aryl methyl sites for hydroxylation is 1. The molecule has 0 atom stereocenters. The second-order valence-corrected chi connectivity index (χ2v) is 8.54. The maximum Gasteiger partial charge on any atom is 0.320 e. The fourth-order valence-electron chi connectivity index (χ4n) is 4.37. The van der Waals surface area contributed by atoms with Crippen LogP contribution in [0, 0.1) is 0 Å². The third-order valence-electron chi connectivity index (χ3n) is 6.24. The molecule has 0 spiro atoms. The van der Waals surface area contributed by atoms with Crippen molar-refractivity contribution in [2.24, 2.45) is 0 Å². The number of phenolic OH excluding ortho intramolecular Hbond substituents is 1. The quantitative estimate of drug-likeness (QED) is 0.495. The second kappa shape index (κ2) is 10.9. The number of aromatic nitrogens is 2. The number of nitrogens with zero attached hydrogens (tertiary/aromatic N) is 4. The Morgan fingerprint density at radius 3 is 2.59 bits per heavy atom. The molecule has 3 aliphatic rings. The molecule has 5 rings (SSSR count). The van der Waals surface area contributed by atoms with Crippen molar-refractivity contribution in [2.75, 3.05) is 76.1 Å². The van der Waals surface area contributed by atoms with E-state index in [1.54, 1.807) is 6.07 Å². The summed E-state index contributed by atoms with van der Waals surface area (Å²) >= 11 is 0. The van der Waals surface area contributed by atoms with Crippen molar-refractivity contribution in [1.29, 1.82) is 0 Å². The topological polar surface area (TPSA) is 104 Å². The number of phenols is 1. The van der Waals surface area contributed by atoms with Crippen molar-refractivity contribution < 1.29 is 19.3 Å². The van der Waals surface area contributed by atoms with Crippen molar-refractivity contribution in [3.63, 3.8) is 0 Å². The highest BCUT2D eigenvalue weighted by molar-refractivity contribution is 5.70. The van der Waals surface area contributed by atoms with Crippen LogP contribution in [-0.4, -0.2) is 85.7 Å². The number of nitrogens with one attached hydrogen (secondary N) is 2. The zero-order valence-corrected chi connectivity index (χ0v) is 19.3. The number of ether oxygens (including phenoxy) is 3. The maximum absolute atomic E-state index is 9.81. The van der Waals surface area contributed by atoms with Gasteiger partial charge in [0, 0.05) is 44.4 Å². The van der Waals surface area contributed by atoms with Crippen LogP contribution in [0.3, 0.4) is 0 Å². The Bertz CT molecular complexity index is 1000. The lowest BCUT2D eigenvalue weighted by molar-refractivity contribution is 0.0317. The summed E-state index contributed by atoms with van der Waals surface area (Å²) < 4.78 is 16.9. The van der Waals surface area contributed by atoms with Gasteiger partial charge in [0.25, 0.3) is 0 Å². The summed E-state index contributed by atoms with van der Waals surface area (Å²) in [5, 5.41) is 9.81. The highest BCUT2D eigenvalue weighted by Gasteiger charge is 2.18. The molecule has 34 heavy (non-hydrogen) atoms. The first kappa shape index (κ1) is 22.7. The smallest absolute Gasteiger partial charge is 0.320 e. The largest absolute Gasteiger partial charge is 0.508 e. The van der Waals surface area contributed by atoms with Crippen LogP contribution in [0.5, 0.6) is 11.8 Å². The summed E-state index contributed by atoms with van der Waals surface area (Å²) in [6, 6.07) is 7.75.